The average Bonchev–Trinajstić information content (AvgIpc) is 2.95. The summed E-state index contributed by atoms with van der Waals surface area (Å²) in [6, 6.07) is 16.8. The van der Waals surface area contributed by atoms with Crippen LogP contribution in [0.25, 0.3) is 11.4 Å². The number of aromatic nitrogens is 3. The van der Waals surface area contributed by atoms with Gasteiger partial charge in [0.15, 0.2) is 5.82 Å². The standard InChI is InChI=1S/C16H14N4O2/c1-22-14-9-7-12(8-10-14)11-17-20-15(18-19-16(20)21)13-5-3-2-4-6-13/h2-11H,1H3,(H,19,21)/b17-11+. The number of aromatic amines is 1. The maximum absolute atomic E-state index is 11.8. The Morgan fingerprint density at radius 1 is 1.14 bits per heavy atom. The zero-order valence-corrected chi connectivity index (χ0v) is 11.9. The molecule has 3 aromatic rings. The Bertz CT molecular complexity index is 833. The Labute approximate surface area is 126 Å². The number of rotatable bonds is 4. The van der Waals surface area contributed by atoms with Crippen LogP contribution in [-0.4, -0.2) is 28.2 Å². The van der Waals surface area contributed by atoms with Crippen molar-refractivity contribution in [2.24, 2.45) is 5.10 Å². The van der Waals surface area contributed by atoms with Crippen LogP contribution in [0, 0.1) is 0 Å². The van der Waals surface area contributed by atoms with Gasteiger partial charge in [0.05, 0.1) is 13.3 Å². The first-order chi connectivity index (χ1) is 10.8. The highest BCUT2D eigenvalue weighted by atomic mass is 16.5. The van der Waals surface area contributed by atoms with E-state index in [9.17, 15) is 4.79 Å². The SMILES string of the molecule is COc1ccc(/C=N/n2c(-c3ccccc3)n[nH]c2=O)cc1. The van der Waals surface area contributed by atoms with Gasteiger partial charge < -0.3 is 4.74 Å². The molecule has 110 valence electrons. The van der Waals surface area contributed by atoms with Crippen molar-refractivity contribution < 1.29 is 4.74 Å². The van der Waals surface area contributed by atoms with E-state index in [0.29, 0.717) is 5.82 Å². The van der Waals surface area contributed by atoms with Gasteiger partial charge in [-0.25, -0.2) is 9.89 Å². The fourth-order valence-electron chi connectivity index (χ4n) is 1.99. The topological polar surface area (TPSA) is 72.3 Å². The molecule has 0 aliphatic rings. The molecule has 0 aliphatic heterocycles. The van der Waals surface area contributed by atoms with Crippen molar-refractivity contribution in [3.8, 4) is 17.1 Å². The maximum atomic E-state index is 11.8. The Hall–Kier alpha value is -3.15. The van der Waals surface area contributed by atoms with Gasteiger partial charge in [0.2, 0.25) is 0 Å². The van der Waals surface area contributed by atoms with Gasteiger partial charge in [-0.3, -0.25) is 0 Å². The Morgan fingerprint density at radius 3 is 2.55 bits per heavy atom. The van der Waals surface area contributed by atoms with E-state index < -0.39 is 0 Å². The van der Waals surface area contributed by atoms with Gasteiger partial charge in [0, 0.05) is 5.56 Å². The van der Waals surface area contributed by atoms with Gasteiger partial charge in [0.25, 0.3) is 0 Å². The minimum Gasteiger partial charge on any atom is -0.497 e. The van der Waals surface area contributed by atoms with Crippen LogP contribution < -0.4 is 10.4 Å². The van der Waals surface area contributed by atoms with E-state index in [0.717, 1.165) is 16.9 Å². The highest BCUT2D eigenvalue weighted by molar-refractivity contribution is 5.79. The first-order valence-electron chi connectivity index (χ1n) is 6.69. The minimum atomic E-state index is -0.386. The zero-order valence-electron chi connectivity index (χ0n) is 11.9. The summed E-state index contributed by atoms with van der Waals surface area (Å²) in [5.74, 6) is 1.23. The number of hydrogen-bond acceptors (Lipinski definition) is 4. The van der Waals surface area contributed by atoms with E-state index in [1.54, 1.807) is 13.3 Å². The van der Waals surface area contributed by atoms with Crippen molar-refractivity contribution in [2.75, 3.05) is 7.11 Å². The lowest BCUT2D eigenvalue weighted by Crippen LogP contribution is -2.13. The summed E-state index contributed by atoms with van der Waals surface area (Å²) in [5.41, 5.74) is 1.28. The zero-order chi connectivity index (χ0) is 15.4. The van der Waals surface area contributed by atoms with Crippen LogP contribution in [-0.2, 0) is 0 Å². The van der Waals surface area contributed by atoms with Crippen LogP contribution in [0.1, 0.15) is 5.56 Å². The second kappa shape index (κ2) is 6.09. The van der Waals surface area contributed by atoms with Crippen LogP contribution in [0.4, 0.5) is 0 Å². The smallest absolute Gasteiger partial charge is 0.364 e. The summed E-state index contributed by atoms with van der Waals surface area (Å²) in [5, 5.41) is 10.6. The number of nitrogens with one attached hydrogen (secondary N) is 1. The van der Waals surface area contributed by atoms with Gasteiger partial charge in [-0.2, -0.15) is 14.9 Å². The lowest BCUT2D eigenvalue weighted by molar-refractivity contribution is 0.415. The molecule has 0 spiro atoms. The fourth-order valence-corrected chi connectivity index (χ4v) is 1.99. The molecule has 6 heteroatoms. The molecular weight excluding hydrogens is 280 g/mol. The van der Waals surface area contributed by atoms with Crippen molar-refractivity contribution >= 4 is 6.21 Å². The molecular formula is C16H14N4O2. The van der Waals surface area contributed by atoms with E-state index in [1.165, 1.54) is 4.68 Å². The molecule has 0 saturated heterocycles. The monoisotopic (exact) mass is 294 g/mol. The molecule has 1 N–H and O–H groups in total. The molecule has 1 heterocycles. The summed E-state index contributed by atoms with van der Waals surface area (Å²) >= 11 is 0. The van der Waals surface area contributed by atoms with Gasteiger partial charge in [-0.05, 0) is 29.8 Å². The summed E-state index contributed by atoms with van der Waals surface area (Å²) in [6.45, 7) is 0. The van der Waals surface area contributed by atoms with E-state index in [4.69, 9.17) is 4.74 Å². The molecule has 3 rings (SSSR count). The molecule has 0 fully saturated rings. The van der Waals surface area contributed by atoms with Gasteiger partial charge in [0.1, 0.15) is 5.75 Å². The Balaban J connectivity index is 1.93. The highest BCUT2D eigenvalue weighted by Gasteiger charge is 2.08. The quantitative estimate of drug-likeness (QED) is 0.749. The first-order valence-corrected chi connectivity index (χ1v) is 6.69. The first kappa shape index (κ1) is 13.8. The van der Waals surface area contributed by atoms with E-state index in [1.807, 2.05) is 54.6 Å². The fraction of sp³-hybridized carbons (Fsp3) is 0.0625. The van der Waals surface area contributed by atoms with Gasteiger partial charge in [-0.1, -0.05) is 30.3 Å². The number of ether oxygens (including phenoxy) is 1. The lowest BCUT2D eigenvalue weighted by atomic mass is 10.2. The summed E-state index contributed by atoms with van der Waals surface area (Å²) in [4.78, 5) is 11.8. The molecule has 6 nitrogen and oxygen atoms in total. The summed E-state index contributed by atoms with van der Waals surface area (Å²) in [6.07, 6.45) is 1.60. The summed E-state index contributed by atoms with van der Waals surface area (Å²) in [7, 11) is 1.61. The number of hydrogen-bond donors (Lipinski definition) is 1. The van der Waals surface area contributed by atoms with Crippen molar-refractivity contribution in [2.45, 2.75) is 0 Å². The Morgan fingerprint density at radius 2 is 1.86 bits per heavy atom. The van der Waals surface area contributed by atoms with Crippen molar-refractivity contribution in [3.63, 3.8) is 0 Å². The van der Waals surface area contributed by atoms with Gasteiger partial charge >= 0.3 is 5.69 Å². The summed E-state index contributed by atoms with van der Waals surface area (Å²) < 4.78 is 6.34. The number of H-pyrrole nitrogens is 1. The van der Waals surface area contributed by atoms with Crippen LogP contribution in [0.15, 0.2) is 64.5 Å². The van der Waals surface area contributed by atoms with E-state index in [2.05, 4.69) is 15.3 Å². The molecule has 0 atom stereocenters. The second-order valence-corrected chi connectivity index (χ2v) is 4.55. The van der Waals surface area contributed by atoms with Gasteiger partial charge in [-0.15, -0.1) is 0 Å². The second-order valence-electron chi connectivity index (χ2n) is 4.55. The molecule has 22 heavy (non-hydrogen) atoms. The average molecular weight is 294 g/mol. The van der Waals surface area contributed by atoms with Crippen LogP contribution in [0.3, 0.4) is 0 Å². The van der Waals surface area contributed by atoms with Crippen LogP contribution >= 0.6 is 0 Å². The molecule has 1 aromatic heterocycles. The number of benzene rings is 2. The molecule has 0 unspecified atom stereocenters. The normalized spacial score (nSPS) is 11.0. The van der Waals surface area contributed by atoms with Crippen LogP contribution in [0.2, 0.25) is 0 Å². The predicted octanol–water partition coefficient (Wildman–Crippen LogP) is 2.13. The molecule has 2 aromatic carbocycles. The van der Waals surface area contributed by atoms with Crippen molar-refractivity contribution in [3.05, 3.63) is 70.6 Å². The third-order valence-corrected chi connectivity index (χ3v) is 3.12. The largest absolute Gasteiger partial charge is 0.497 e. The number of methoxy groups -OCH3 is 1. The van der Waals surface area contributed by atoms with Crippen LogP contribution in [0.5, 0.6) is 5.75 Å². The molecule has 0 bridgehead atoms. The van der Waals surface area contributed by atoms with E-state index >= 15 is 0 Å². The molecule has 0 saturated carbocycles. The maximum Gasteiger partial charge on any atom is 0.364 e. The predicted molar refractivity (Wildman–Crippen MR) is 84.3 cm³/mol. The molecule has 0 amide bonds. The third-order valence-electron chi connectivity index (χ3n) is 3.12. The van der Waals surface area contributed by atoms with Crippen molar-refractivity contribution in [1.29, 1.82) is 0 Å². The Kier molecular flexibility index (Phi) is 3.82. The van der Waals surface area contributed by atoms with E-state index in [-0.39, 0.29) is 5.69 Å². The number of nitrogens with zero attached hydrogens (tertiary/aromatic N) is 3. The molecule has 0 aliphatic carbocycles. The van der Waals surface area contributed by atoms with Crippen molar-refractivity contribution in [1.82, 2.24) is 14.9 Å². The molecule has 0 radical (unpaired) electrons. The minimum absolute atomic E-state index is 0.386. The lowest BCUT2D eigenvalue weighted by Gasteiger charge is -2.00. The third kappa shape index (κ3) is 2.80. The highest BCUT2D eigenvalue weighted by Crippen LogP contribution is 2.14.